The molecule has 1 fully saturated rings. The Hall–Kier alpha value is -1.82. The summed E-state index contributed by atoms with van der Waals surface area (Å²) in [5.74, 6) is -0.218. The van der Waals surface area contributed by atoms with E-state index in [1.54, 1.807) is 24.1 Å². The van der Waals surface area contributed by atoms with Crippen LogP contribution in [0.1, 0.15) is 6.92 Å². The van der Waals surface area contributed by atoms with Gasteiger partial charge in [0.25, 0.3) is 0 Å². The fourth-order valence-corrected chi connectivity index (χ4v) is 2.45. The molecule has 1 aromatic carbocycles. The van der Waals surface area contributed by atoms with Crippen LogP contribution in [0.15, 0.2) is 24.3 Å². The molecule has 0 radical (unpaired) electrons. The zero-order valence-electron chi connectivity index (χ0n) is 12.5. The first-order valence-electron chi connectivity index (χ1n) is 7.15. The van der Waals surface area contributed by atoms with E-state index in [2.05, 4.69) is 5.32 Å². The summed E-state index contributed by atoms with van der Waals surface area (Å²) in [4.78, 5) is 15.8. The van der Waals surface area contributed by atoms with Crippen molar-refractivity contribution in [3.63, 3.8) is 0 Å². The molecule has 0 spiro atoms. The number of nitrogens with zero attached hydrogens (tertiary/aromatic N) is 2. The second-order valence-corrected chi connectivity index (χ2v) is 5.23. The molecule has 1 aromatic rings. The monoisotopic (exact) mass is 295 g/mol. The van der Waals surface area contributed by atoms with Crippen LogP contribution in [0.4, 0.5) is 14.9 Å². The van der Waals surface area contributed by atoms with Crippen molar-refractivity contribution in [1.29, 1.82) is 0 Å². The van der Waals surface area contributed by atoms with Gasteiger partial charge in [-0.05, 0) is 19.1 Å². The molecule has 1 atom stereocenters. The molecule has 21 heavy (non-hydrogen) atoms. The summed E-state index contributed by atoms with van der Waals surface area (Å²) in [5.41, 5.74) is 0.602. The van der Waals surface area contributed by atoms with Gasteiger partial charge in [0.15, 0.2) is 0 Å². The number of halogens is 1. The molecule has 1 heterocycles. The molecule has 1 aliphatic rings. The molecule has 2 amide bonds. The summed E-state index contributed by atoms with van der Waals surface area (Å²) < 4.78 is 18.7. The van der Waals surface area contributed by atoms with Crippen LogP contribution in [0.25, 0.3) is 0 Å². The molecule has 0 aromatic heterocycles. The fourth-order valence-electron chi connectivity index (χ4n) is 2.45. The lowest BCUT2D eigenvalue weighted by molar-refractivity contribution is 0.158. The Labute approximate surface area is 124 Å². The summed E-state index contributed by atoms with van der Waals surface area (Å²) in [5, 5.41) is 2.89. The van der Waals surface area contributed by atoms with E-state index >= 15 is 0 Å². The van der Waals surface area contributed by atoms with Gasteiger partial charge in [-0.3, -0.25) is 0 Å². The lowest BCUT2D eigenvalue weighted by Crippen LogP contribution is -2.53. The number of ether oxygens (including phenoxy) is 1. The first-order chi connectivity index (χ1) is 10.1. The number of benzene rings is 1. The number of para-hydroxylation sites is 1. The van der Waals surface area contributed by atoms with Crippen LogP contribution in [0, 0.1) is 5.82 Å². The highest BCUT2D eigenvalue weighted by molar-refractivity contribution is 5.74. The molecular formula is C15H22FN3O2. The van der Waals surface area contributed by atoms with Crippen molar-refractivity contribution in [2.24, 2.45) is 0 Å². The SMILES string of the molecule is COCC(C)NC(=O)N1CCN(c2ccccc2F)CC1. The van der Waals surface area contributed by atoms with Crippen LogP contribution in [0.5, 0.6) is 0 Å². The maximum atomic E-state index is 13.7. The first-order valence-corrected chi connectivity index (χ1v) is 7.15. The van der Waals surface area contributed by atoms with Crippen LogP contribution in [-0.4, -0.2) is 56.9 Å². The van der Waals surface area contributed by atoms with Crippen molar-refractivity contribution in [2.45, 2.75) is 13.0 Å². The lowest BCUT2D eigenvalue weighted by atomic mass is 10.2. The first kappa shape index (κ1) is 15.6. The van der Waals surface area contributed by atoms with Crippen molar-refractivity contribution in [3.05, 3.63) is 30.1 Å². The quantitative estimate of drug-likeness (QED) is 0.919. The number of carbonyl (C=O) groups excluding carboxylic acids is 1. The highest BCUT2D eigenvalue weighted by Gasteiger charge is 2.23. The maximum absolute atomic E-state index is 13.7. The third-order valence-corrected chi connectivity index (χ3v) is 3.55. The lowest BCUT2D eigenvalue weighted by Gasteiger charge is -2.36. The largest absolute Gasteiger partial charge is 0.383 e. The maximum Gasteiger partial charge on any atom is 0.317 e. The average Bonchev–Trinajstić information content (AvgIpc) is 2.48. The highest BCUT2D eigenvalue weighted by Crippen LogP contribution is 2.20. The van der Waals surface area contributed by atoms with Crippen molar-refractivity contribution < 1.29 is 13.9 Å². The molecule has 5 nitrogen and oxygen atoms in total. The minimum Gasteiger partial charge on any atom is -0.383 e. The standard InChI is InChI=1S/C15H22FN3O2/c1-12(11-21-2)17-15(20)19-9-7-18(8-10-19)14-6-4-3-5-13(14)16/h3-6,12H,7-11H2,1-2H3,(H,17,20). The van der Waals surface area contributed by atoms with E-state index < -0.39 is 0 Å². The average molecular weight is 295 g/mol. The Morgan fingerprint density at radius 2 is 2.00 bits per heavy atom. The molecule has 116 valence electrons. The van der Waals surface area contributed by atoms with Crippen molar-refractivity contribution in [3.8, 4) is 0 Å². The Bertz CT molecular complexity index is 476. The second kappa shape index (κ2) is 7.26. The Kier molecular flexibility index (Phi) is 5.38. The number of nitrogens with one attached hydrogen (secondary N) is 1. The third kappa shape index (κ3) is 4.07. The minimum atomic E-state index is -0.218. The van der Waals surface area contributed by atoms with E-state index in [-0.39, 0.29) is 17.9 Å². The molecule has 2 rings (SSSR count). The fraction of sp³-hybridized carbons (Fsp3) is 0.533. The number of methoxy groups -OCH3 is 1. The number of urea groups is 1. The third-order valence-electron chi connectivity index (χ3n) is 3.55. The van der Waals surface area contributed by atoms with E-state index in [1.807, 2.05) is 17.9 Å². The molecule has 0 bridgehead atoms. The van der Waals surface area contributed by atoms with E-state index in [1.165, 1.54) is 6.07 Å². The van der Waals surface area contributed by atoms with Crippen molar-refractivity contribution in [1.82, 2.24) is 10.2 Å². The number of anilines is 1. The molecule has 1 saturated heterocycles. The van der Waals surface area contributed by atoms with Crippen LogP contribution >= 0.6 is 0 Å². The predicted molar refractivity (Wildman–Crippen MR) is 80.1 cm³/mol. The normalized spacial score (nSPS) is 16.7. The van der Waals surface area contributed by atoms with Gasteiger partial charge in [0.2, 0.25) is 0 Å². The topological polar surface area (TPSA) is 44.8 Å². The number of hydrogen-bond acceptors (Lipinski definition) is 3. The molecule has 1 aliphatic heterocycles. The van der Waals surface area contributed by atoms with Crippen LogP contribution < -0.4 is 10.2 Å². The Balaban J connectivity index is 1.86. The van der Waals surface area contributed by atoms with Crippen molar-refractivity contribution >= 4 is 11.7 Å². The van der Waals surface area contributed by atoms with Crippen LogP contribution in [0.2, 0.25) is 0 Å². The second-order valence-electron chi connectivity index (χ2n) is 5.23. The van der Waals surface area contributed by atoms with E-state index in [9.17, 15) is 9.18 Å². The zero-order chi connectivity index (χ0) is 15.2. The predicted octanol–water partition coefficient (Wildman–Crippen LogP) is 1.69. The summed E-state index contributed by atoms with van der Waals surface area (Å²) in [6.45, 7) is 4.82. The summed E-state index contributed by atoms with van der Waals surface area (Å²) in [6, 6.07) is 6.62. The van der Waals surface area contributed by atoms with Gasteiger partial charge in [-0.1, -0.05) is 12.1 Å². The van der Waals surface area contributed by atoms with Gasteiger partial charge >= 0.3 is 6.03 Å². The summed E-state index contributed by atoms with van der Waals surface area (Å²) >= 11 is 0. The number of amides is 2. The Morgan fingerprint density at radius 1 is 1.33 bits per heavy atom. The number of piperazine rings is 1. The molecular weight excluding hydrogens is 273 g/mol. The van der Waals surface area contributed by atoms with Gasteiger partial charge in [-0.15, -0.1) is 0 Å². The molecule has 0 saturated carbocycles. The minimum absolute atomic E-state index is 0.0212. The number of rotatable bonds is 4. The van der Waals surface area contributed by atoms with Gasteiger partial charge in [0.1, 0.15) is 5.82 Å². The van der Waals surface area contributed by atoms with Gasteiger partial charge in [-0.2, -0.15) is 0 Å². The van der Waals surface area contributed by atoms with Crippen LogP contribution in [-0.2, 0) is 4.74 Å². The Morgan fingerprint density at radius 3 is 2.62 bits per heavy atom. The number of hydrogen-bond donors (Lipinski definition) is 1. The van der Waals surface area contributed by atoms with Gasteiger partial charge in [-0.25, -0.2) is 9.18 Å². The van der Waals surface area contributed by atoms with E-state index in [4.69, 9.17) is 4.74 Å². The molecule has 6 heteroatoms. The smallest absolute Gasteiger partial charge is 0.317 e. The van der Waals surface area contributed by atoms with E-state index in [0.29, 0.717) is 38.5 Å². The molecule has 1 N–H and O–H groups in total. The number of carbonyl (C=O) groups is 1. The molecule has 1 unspecified atom stereocenters. The zero-order valence-corrected chi connectivity index (χ0v) is 12.5. The van der Waals surface area contributed by atoms with Gasteiger partial charge in [0.05, 0.1) is 18.3 Å². The van der Waals surface area contributed by atoms with E-state index in [0.717, 1.165) is 0 Å². The van der Waals surface area contributed by atoms with Gasteiger partial charge in [0, 0.05) is 33.3 Å². The van der Waals surface area contributed by atoms with Crippen LogP contribution in [0.3, 0.4) is 0 Å². The molecule has 0 aliphatic carbocycles. The van der Waals surface area contributed by atoms with Gasteiger partial charge < -0.3 is 19.9 Å². The summed E-state index contributed by atoms with van der Waals surface area (Å²) in [6.07, 6.45) is 0. The van der Waals surface area contributed by atoms with Crippen molar-refractivity contribution in [2.75, 3.05) is 44.8 Å². The highest BCUT2D eigenvalue weighted by atomic mass is 19.1. The summed E-state index contributed by atoms with van der Waals surface area (Å²) in [7, 11) is 1.61.